The zero-order chi connectivity index (χ0) is 30.4. The van der Waals surface area contributed by atoms with Crippen LogP contribution in [0.15, 0.2) is 150 Å². The number of benzene rings is 6. The van der Waals surface area contributed by atoms with Crippen molar-refractivity contribution in [3.8, 4) is 22.3 Å². The molecule has 0 aliphatic carbocycles. The maximum Gasteiger partial charge on any atom is 0.488 e. The van der Waals surface area contributed by atoms with Gasteiger partial charge in [0.25, 0.3) is 0 Å². The zero-order valence-electron chi connectivity index (χ0n) is 25.0. The van der Waals surface area contributed by atoms with Gasteiger partial charge in [-0.05, 0) is 70.2 Å². The molecule has 5 heteroatoms. The van der Waals surface area contributed by atoms with Crippen LogP contribution in [0.4, 0.5) is 17.1 Å². The quantitative estimate of drug-likeness (QED) is 0.212. The van der Waals surface area contributed by atoms with Crippen molar-refractivity contribution in [1.82, 2.24) is 0 Å². The Bertz CT molecular complexity index is 2100. The van der Waals surface area contributed by atoms with E-state index >= 15 is 0 Å². The summed E-state index contributed by atoms with van der Waals surface area (Å²) in [6, 6.07) is 40.5. The van der Waals surface area contributed by atoms with Crippen molar-refractivity contribution in [1.29, 1.82) is 0 Å². The number of rotatable bonds is 6. The Kier molecular flexibility index (Phi) is 5.54. The topological polar surface area (TPSA) is 56.8 Å². The number of anilines is 3. The Hall–Kier alpha value is -5.10. The van der Waals surface area contributed by atoms with E-state index in [1.807, 2.05) is 78.9 Å². The van der Waals surface area contributed by atoms with Gasteiger partial charge >= 0.3 is 7.12 Å². The SMILES string of the molecule is [2H]c1cc([2H])c(-c2ccc(N(c3ccc(-c4ccc(B(O)O)cc4)cc3)c3cccc4oc5ccccc5c34)cc2)c([2H])c1. The normalized spacial score (nSPS) is 12.2. The first kappa shape index (κ1) is 21.7. The van der Waals surface area contributed by atoms with Crippen molar-refractivity contribution in [2.24, 2.45) is 0 Å². The van der Waals surface area contributed by atoms with Crippen molar-refractivity contribution < 1.29 is 18.6 Å². The average Bonchev–Trinajstić information content (AvgIpc) is 3.41. The fourth-order valence-electron chi connectivity index (χ4n) is 5.28. The van der Waals surface area contributed by atoms with Gasteiger partial charge in [-0.2, -0.15) is 0 Å². The molecule has 2 N–H and O–H groups in total. The van der Waals surface area contributed by atoms with Crippen LogP contribution in [0.25, 0.3) is 44.2 Å². The van der Waals surface area contributed by atoms with Gasteiger partial charge in [0.1, 0.15) is 11.2 Å². The van der Waals surface area contributed by atoms with Crippen LogP contribution in [0.3, 0.4) is 0 Å². The molecule has 196 valence electrons. The summed E-state index contributed by atoms with van der Waals surface area (Å²) in [6.07, 6.45) is 0. The van der Waals surface area contributed by atoms with E-state index in [-0.39, 0.29) is 18.1 Å². The molecule has 4 nitrogen and oxygen atoms in total. The van der Waals surface area contributed by atoms with Crippen LogP contribution in [0.5, 0.6) is 0 Å². The molecule has 7 rings (SSSR count). The second-order valence-electron chi connectivity index (χ2n) is 9.79. The molecular weight excluding hydrogens is 505 g/mol. The first-order chi connectivity index (χ1) is 21.4. The summed E-state index contributed by atoms with van der Waals surface area (Å²) < 4.78 is 30.8. The van der Waals surface area contributed by atoms with E-state index in [1.165, 1.54) is 12.1 Å². The average molecular weight is 534 g/mol. The number of hydrogen-bond acceptors (Lipinski definition) is 4. The van der Waals surface area contributed by atoms with Gasteiger partial charge in [0.05, 0.1) is 15.2 Å². The Morgan fingerprint density at radius 1 is 0.561 bits per heavy atom. The minimum absolute atomic E-state index is 0.150. The van der Waals surface area contributed by atoms with Crippen LogP contribution in [0.2, 0.25) is 0 Å². The molecular formula is C36H26BNO3. The summed E-state index contributed by atoms with van der Waals surface area (Å²) in [5.74, 6) is 0. The van der Waals surface area contributed by atoms with Gasteiger partial charge in [-0.15, -0.1) is 0 Å². The van der Waals surface area contributed by atoms with E-state index < -0.39 is 7.12 Å². The number of para-hydroxylation sites is 1. The summed E-state index contributed by atoms with van der Waals surface area (Å²) in [6.45, 7) is 0. The Balaban J connectivity index is 1.36. The minimum atomic E-state index is -1.51. The molecule has 7 aromatic rings. The van der Waals surface area contributed by atoms with Crippen LogP contribution in [-0.4, -0.2) is 17.2 Å². The molecule has 0 atom stereocenters. The highest BCUT2D eigenvalue weighted by atomic mass is 16.4. The molecule has 1 heterocycles. The molecule has 1 aromatic heterocycles. The number of fused-ring (bicyclic) bond motifs is 3. The van der Waals surface area contributed by atoms with Gasteiger partial charge in [-0.3, -0.25) is 0 Å². The molecule has 0 saturated heterocycles. The zero-order valence-corrected chi connectivity index (χ0v) is 22.0. The number of nitrogens with zero attached hydrogens (tertiary/aromatic N) is 1. The third kappa shape index (κ3) is 4.68. The van der Waals surface area contributed by atoms with E-state index in [4.69, 9.17) is 8.53 Å². The lowest BCUT2D eigenvalue weighted by atomic mass is 9.80. The van der Waals surface area contributed by atoms with Gasteiger partial charge in [0.15, 0.2) is 0 Å². The van der Waals surface area contributed by atoms with Crippen molar-refractivity contribution in [2.45, 2.75) is 0 Å². The van der Waals surface area contributed by atoms with Crippen LogP contribution in [0, 0.1) is 0 Å². The van der Waals surface area contributed by atoms with Gasteiger partial charge in [0.2, 0.25) is 0 Å². The van der Waals surface area contributed by atoms with Crippen LogP contribution >= 0.6 is 0 Å². The smallest absolute Gasteiger partial charge is 0.456 e. The van der Waals surface area contributed by atoms with Crippen LogP contribution < -0.4 is 10.4 Å². The van der Waals surface area contributed by atoms with Crippen LogP contribution in [0.1, 0.15) is 4.11 Å². The molecule has 0 unspecified atom stereocenters. The van der Waals surface area contributed by atoms with Gasteiger partial charge in [0, 0.05) is 16.8 Å². The monoisotopic (exact) mass is 534 g/mol. The lowest BCUT2D eigenvalue weighted by molar-refractivity contribution is 0.426. The van der Waals surface area contributed by atoms with Gasteiger partial charge < -0.3 is 19.4 Å². The molecule has 0 spiro atoms. The largest absolute Gasteiger partial charge is 0.488 e. The molecule has 6 aromatic carbocycles. The third-order valence-corrected chi connectivity index (χ3v) is 7.30. The van der Waals surface area contributed by atoms with Crippen molar-refractivity contribution >= 4 is 51.6 Å². The highest BCUT2D eigenvalue weighted by Crippen LogP contribution is 2.43. The van der Waals surface area contributed by atoms with Gasteiger partial charge in [-0.1, -0.05) is 103 Å². The molecule has 0 aliphatic rings. The van der Waals surface area contributed by atoms with E-state index in [9.17, 15) is 10.0 Å². The predicted molar refractivity (Wildman–Crippen MR) is 169 cm³/mol. The third-order valence-electron chi connectivity index (χ3n) is 7.30. The van der Waals surface area contributed by atoms with E-state index in [0.29, 0.717) is 11.0 Å². The minimum Gasteiger partial charge on any atom is -0.456 e. The second-order valence-corrected chi connectivity index (χ2v) is 9.79. The lowest BCUT2D eigenvalue weighted by Gasteiger charge is -2.26. The van der Waals surface area contributed by atoms with Crippen molar-refractivity contribution in [3.63, 3.8) is 0 Å². The summed E-state index contributed by atoms with van der Waals surface area (Å²) >= 11 is 0. The highest BCUT2D eigenvalue weighted by Gasteiger charge is 2.19. The first-order valence-corrected chi connectivity index (χ1v) is 13.3. The van der Waals surface area contributed by atoms with Gasteiger partial charge in [-0.25, -0.2) is 0 Å². The van der Waals surface area contributed by atoms with Crippen molar-refractivity contribution in [3.05, 3.63) is 146 Å². The second kappa shape index (κ2) is 10.5. The first-order valence-electron chi connectivity index (χ1n) is 14.8. The van der Waals surface area contributed by atoms with E-state index in [1.54, 1.807) is 12.1 Å². The molecule has 41 heavy (non-hydrogen) atoms. The molecule has 0 radical (unpaired) electrons. The summed E-state index contributed by atoms with van der Waals surface area (Å²) in [4.78, 5) is 2.17. The summed E-state index contributed by atoms with van der Waals surface area (Å²) in [5, 5.41) is 20.9. The molecule has 0 fully saturated rings. The maximum absolute atomic E-state index is 9.46. The van der Waals surface area contributed by atoms with Crippen LogP contribution in [-0.2, 0) is 0 Å². The molecule has 0 aliphatic heterocycles. The number of hydrogen-bond donors (Lipinski definition) is 2. The highest BCUT2D eigenvalue weighted by molar-refractivity contribution is 6.58. The molecule has 0 amide bonds. The summed E-state index contributed by atoms with van der Waals surface area (Å²) in [5.41, 5.74) is 7.94. The summed E-state index contributed by atoms with van der Waals surface area (Å²) in [7, 11) is -1.51. The fraction of sp³-hybridized carbons (Fsp3) is 0. The Labute approximate surface area is 242 Å². The van der Waals surface area contributed by atoms with Crippen molar-refractivity contribution in [2.75, 3.05) is 4.90 Å². The Morgan fingerprint density at radius 2 is 1.12 bits per heavy atom. The fourth-order valence-corrected chi connectivity index (χ4v) is 5.28. The van der Waals surface area contributed by atoms with E-state index in [2.05, 4.69) is 29.2 Å². The predicted octanol–water partition coefficient (Wildman–Crippen LogP) is 8.07. The molecule has 0 bridgehead atoms. The van der Waals surface area contributed by atoms with E-state index in [0.717, 1.165) is 55.7 Å². The number of furan rings is 1. The standard InChI is InChI=1S/C36H26BNO3/c39-37(40)29-19-13-26(14-20-29)28-17-23-31(24-18-28)38(30-21-15-27(16-22-30)25-7-2-1-3-8-25)33-10-6-12-35-36(33)32-9-4-5-11-34(32)41-35/h1-24,39-40H/i1D,7D,8D. The molecule has 0 saturated carbocycles. The maximum atomic E-state index is 9.46. The Morgan fingerprint density at radius 3 is 1.76 bits per heavy atom. The lowest BCUT2D eigenvalue weighted by Crippen LogP contribution is -2.29.